The SMILES string of the molecule is C(OCC1CO1)C1CO1.C=C(C)C(=O)O.C=C(C)C(=O)Oc1ccc(C(C)(C)c2ccc(O)cc2)cc1. The van der Waals surface area contributed by atoms with E-state index in [1.54, 1.807) is 31.2 Å². The summed E-state index contributed by atoms with van der Waals surface area (Å²) >= 11 is 0. The van der Waals surface area contributed by atoms with E-state index in [4.69, 9.17) is 24.1 Å². The molecule has 0 spiro atoms. The van der Waals surface area contributed by atoms with Gasteiger partial charge in [-0.25, -0.2) is 9.59 Å². The first kappa shape index (κ1) is 29.8. The Bertz CT molecular complexity index is 1040. The first-order valence-corrected chi connectivity index (χ1v) is 11.9. The maximum absolute atomic E-state index is 11.5. The molecule has 2 heterocycles. The summed E-state index contributed by atoms with van der Waals surface area (Å²) in [7, 11) is 0. The molecular formula is C29H36O8. The zero-order chi connectivity index (χ0) is 27.6. The Morgan fingerprint density at radius 3 is 1.65 bits per heavy atom. The minimum absolute atomic E-state index is 0.176. The van der Waals surface area contributed by atoms with Gasteiger partial charge in [0.25, 0.3) is 0 Å². The summed E-state index contributed by atoms with van der Waals surface area (Å²) in [5, 5.41) is 17.3. The second kappa shape index (κ2) is 13.7. The van der Waals surface area contributed by atoms with Crippen molar-refractivity contribution >= 4 is 11.9 Å². The molecule has 0 saturated carbocycles. The minimum Gasteiger partial charge on any atom is -0.508 e. The molecule has 2 N–H and O–H groups in total. The van der Waals surface area contributed by atoms with Crippen LogP contribution in [0.1, 0.15) is 38.8 Å². The number of esters is 1. The van der Waals surface area contributed by atoms with E-state index in [2.05, 4.69) is 27.0 Å². The second-order valence-electron chi connectivity index (χ2n) is 9.40. The summed E-state index contributed by atoms with van der Waals surface area (Å²) in [6.07, 6.45) is 0.785. The van der Waals surface area contributed by atoms with Gasteiger partial charge in [0.1, 0.15) is 23.7 Å². The van der Waals surface area contributed by atoms with Gasteiger partial charge in [0.15, 0.2) is 0 Å². The molecule has 0 bridgehead atoms. The summed E-state index contributed by atoms with van der Waals surface area (Å²) in [6.45, 7) is 17.2. The van der Waals surface area contributed by atoms with Gasteiger partial charge < -0.3 is 29.2 Å². The lowest BCUT2D eigenvalue weighted by Crippen LogP contribution is -2.18. The number of ether oxygens (including phenoxy) is 4. The number of aliphatic carboxylic acids is 1. The fourth-order valence-electron chi connectivity index (χ4n) is 2.84. The van der Waals surface area contributed by atoms with E-state index < -0.39 is 11.9 Å². The highest BCUT2D eigenvalue weighted by Crippen LogP contribution is 2.33. The van der Waals surface area contributed by atoms with Crippen molar-refractivity contribution in [2.45, 2.75) is 45.3 Å². The minimum atomic E-state index is -0.935. The van der Waals surface area contributed by atoms with E-state index in [0.717, 1.165) is 37.6 Å². The Morgan fingerprint density at radius 2 is 1.30 bits per heavy atom. The molecule has 2 aliphatic heterocycles. The number of benzene rings is 2. The van der Waals surface area contributed by atoms with E-state index in [-0.39, 0.29) is 16.7 Å². The number of aromatic hydroxyl groups is 1. The third-order valence-corrected chi connectivity index (χ3v) is 5.50. The summed E-state index contributed by atoms with van der Waals surface area (Å²) in [4.78, 5) is 21.1. The summed E-state index contributed by atoms with van der Waals surface area (Å²) in [5.41, 5.74) is 2.51. The lowest BCUT2D eigenvalue weighted by atomic mass is 9.78. The van der Waals surface area contributed by atoms with Crippen LogP contribution >= 0.6 is 0 Å². The van der Waals surface area contributed by atoms with E-state index >= 15 is 0 Å². The topological polar surface area (TPSA) is 118 Å². The van der Waals surface area contributed by atoms with Gasteiger partial charge in [-0.05, 0) is 49.2 Å². The van der Waals surface area contributed by atoms with Gasteiger partial charge in [-0.1, -0.05) is 51.3 Å². The number of carbonyl (C=O) groups is 2. The van der Waals surface area contributed by atoms with Crippen LogP contribution in [-0.4, -0.2) is 60.8 Å². The number of hydrogen-bond donors (Lipinski definition) is 2. The van der Waals surface area contributed by atoms with Crippen LogP contribution < -0.4 is 4.74 Å². The zero-order valence-corrected chi connectivity index (χ0v) is 21.9. The molecular weight excluding hydrogens is 476 g/mol. The Hall–Kier alpha value is -3.46. The van der Waals surface area contributed by atoms with Crippen molar-refractivity contribution in [3.63, 3.8) is 0 Å². The van der Waals surface area contributed by atoms with Gasteiger partial charge >= 0.3 is 11.9 Å². The third kappa shape index (κ3) is 11.0. The normalized spacial score (nSPS) is 17.2. The number of hydrogen-bond acceptors (Lipinski definition) is 7. The van der Waals surface area contributed by atoms with Crippen LogP contribution in [0.25, 0.3) is 0 Å². The molecule has 2 fully saturated rings. The van der Waals surface area contributed by atoms with Crippen molar-refractivity contribution in [2.75, 3.05) is 26.4 Å². The predicted molar refractivity (Wildman–Crippen MR) is 140 cm³/mol. The van der Waals surface area contributed by atoms with Crippen LogP contribution in [-0.2, 0) is 29.2 Å². The smallest absolute Gasteiger partial charge is 0.338 e. The van der Waals surface area contributed by atoms with Crippen LogP contribution in [0.3, 0.4) is 0 Å². The lowest BCUT2D eigenvalue weighted by Gasteiger charge is -2.26. The van der Waals surface area contributed by atoms with Crippen molar-refractivity contribution in [3.05, 3.63) is 84.0 Å². The number of rotatable bonds is 9. The number of phenolic OH excluding ortho intramolecular Hbond substituents is 1. The molecule has 0 aromatic heterocycles. The highest BCUT2D eigenvalue weighted by Gasteiger charge is 2.26. The molecule has 0 radical (unpaired) electrons. The summed E-state index contributed by atoms with van der Waals surface area (Å²) in [5.74, 6) is -0.611. The molecule has 2 aromatic rings. The molecule has 0 aliphatic carbocycles. The van der Waals surface area contributed by atoms with Crippen molar-refractivity contribution in [1.29, 1.82) is 0 Å². The second-order valence-corrected chi connectivity index (χ2v) is 9.40. The van der Waals surface area contributed by atoms with E-state index in [0.29, 0.717) is 23.5 Å². The van der Waals surface area contributed by atoms with Crippen molar-refractivity contribution in [2.24, 2.45) is 0 Å². The van der Waals surface area contributed by atoms with E-state index in [9.17, 15) is 14.7 Å². The largest absolute Gasteiger partial charge is 0.508 e. The van der Waals surface area contributed by atoms with Gasteiger partial charge in [-0.15, -0.1) is 0 Å². The molecule has 37 heavy (non-hydrogen) atoms. The van der Waals surface area contributed by atoms with Crippen LogP contribution in [0.4, 0.5) is 0 Å². The Kier molecular flexibility index (Phi) is 11.1. The maximum Gasteiger partial charge on any atom is 0.338 e. The lowest BCUT2D eigenvalue weighted by molar-refractivity contribution is -0.132. The van der Waals surface area contributed by atoms with Crippen molar-refractivity contribution in [3.8, 4) is 11.5 Å². The van der Waals surface area contributed by atoms with Gasteiger partial charge in [0.2, 0.25) is 0 Å². The fraction of sp³-hybridized carbons (Fsp3) is 0.379. The fourth-order valence-corrected chi connectivity index (χ4v) is 2.84. The molecule has 2 atom stereocenters. The van der Waals surface area contributed by atoms with Gasteiger partial charge in [-0.3, -0.25) is 0 Å². The molecule has 2 aromatic carbocycles. The van der Waals surface area contributed by atoms with E-state index in [1.165, 1.54) is 6.92 Å². The number of epoxide rings is 2. The molecule has 2 saturated heterocycles. The Morgan fingerprint density at radius 1 is 0.892 bits per heavy atom. The summed E-state index contributed by atoms with van der Waals surface area (Å²) < 4.78 is 20.3. The van der Waals surface area contributed by atoms with Gasteiger partial charge in [0, 0.05) is 16.6 Å². The molecule has 2 aliphatic rings. The predicted octanol–water partition coefficient (Wildman–Crippen LogP) is 4.65. The molecule has 0 amide bonds. The first-order valence-electron chi connectivity index (χ1n) is 11.9. The quantitative estimate of drug-likeness (QED) is 0.216. The number of carboxylic acid groups (broad SMARTS) is 1. The van der Waals surface area contributed by atoms with E-state index in [1.807, 2.05) is 24.3 Å². The molecule has 8 nitrogen and oxygen atoms in total. The summed E-state index contributed by atoms with van der Waals surface area (Å²) in [6, 6.07) is 14.6. The number of carbonyl (C=O) groups excluding carboxylic acids is 1. The molecule has 200 valence electrons. The molecule has 8 heteroatoms. The Labute approximate surface area is 218 Å². The number of carboxylic acids is 1. The average Bonchev–Trinajstić information content (AvgIpc) is 3.77. The highest BCUT2D eigenvalue weighted by atomic mass is 16.6. The molecule has 2 unspecified atom stereocenters. The Balaban J connectivity index is 0.000000260. The van der Waals surface area contributed by atoms with Gasteiger partial charge in [0.05, 0.1) is 26.4 Å². The third-order valence-electron chi connectivity index (χ3n) is 5.50. The van der Waals surface area contributed by atoms with Gasteiger partial charge in [-0.2, -0.15) is 0 Å². The number of phenols is 1. The average molecular weight is 513 g/mol. The standard InChI is InChI=1S/C19H20O3.C6H10O3.C4H6O2/c1-13(2)18(21)22-17-11-7-15(8-12-17)19(3,4)14-5-9-16(20)10-6-14;1(5-3-8-5)7-2-6-4-9-6;1-3(2)4(5)6/h5-12,20H,1H2,2-4H3;5-6H,1-4H2;1H2,2H3,(H,5,6). The monoisotopic (exact) mass is 512 g/mol. The van der Waals surface area contributed by atoms with Crippen LogP contribution in [0, 0.1) is 0 Å². The van der Waals surface area contributed by atoms with Crippen LogP contribution in [0.2, 0.25) is 0 Å². The zero-order valence-electron chi connectivity index (χ0n) is 21.9. The molecule has 4 rings (SSSR count). The maximum atomic E-state index is 11.5. The first-order chi connectivity index (χ1) is 17.4. The van der Waals surface area contributed by atoms with Crippen LogP contribution in [0.5, 0.6) is 11.5 Å². The van der Waals surface area contributed by atoms with Crippen LogP contribution in [0.15, 0.2) is 72.8 Å². The van der Waals surface area contributed by atoms with Crippen molar-refractivity contribution in [1.82, 2.24) is 0 Å². The highest BCUT2D eigenvalue weighted by molar-refractivity contribution is 5.88. The van der Waals surface area contributed by atoms with Crippen molar-refractivity contribution < 1.29 is 38.7 Å².